The van der Waals surface area contributed by atoms with Crippen LogP contribution in [0.15, 0.2) is 24.3 Å². The molecule has 32 heavy (non-hydrogen) atoms. The van der Waals surface area contributed by atoms with Gasteiger partial charge in [-0.25, -0.2) is 0 Å². The van der Waals surface area contributed by atoms with E-state index in [4.69, 9.17) is 16.5 Å². The van der Waals surface area contributed by atoms with E-state index in [1.807, 2.05) is 31.2 Å². The summed E-state index contributed by atoms with van der Waals surface area (Å²) in [6.07, 6.45) is 0.826. The third-order valence-electron chi connectivity index (χ3n) is 5.45. The van der Waals surface area contributed by atoms with Gasteiger partial charge in [0.15, 0.2) is 0 Å². The third kappa shape index (κ3) is 6.19. The van der Waals surface area contributed by atoms with Gasteiger partial charge in [-0.2, -0.15) is 0 Å². The minimum Gasteiger partial charge on any atom is -0.345 e. The molecule has 1 aromatic heterocycles. The molecular weight excluding hydrogens is 449 g/mol. The van der Waals surface area contributed by atoms with Crippen LogP contribution in [0.25, 0.3) is 11.1 Å². The maximum atomic E-state index is 12.4. The summed E-state index contributed by atoms with van der Waals surface area (Å²) in [4.78, 5) is 30.7. The zero-order chi connectivity index (χ0) is 21.8. The molecule has 0 unspecified atom stereocenters. The molecule has 0 saturated carbocycles. The van der Waals surface area contributed by atoms with Gasteiger partial charge in [0.1, 0.15) is 0 Å². The van der Waals surface area contributed by atoms with Crippen molar-refractivity contribution in [1.29, 1.82) is 0 Å². The molecule has 1 fully saturated rings. The van der Waals surface area contributed by atoms with Crippen molar-refractivity contribution in [3.63, 3.8) is 0 Å². The summed E-state index contributed by atoms with van der Waals surface area (Å²) in [5.41, 5.74) is 18.9. The molecule has 9 heteroatoms. The number of aryl methyl sites for hydroxylation is 1. The number of amides is 2. The van der Waals surface area contributed by atoms with Crippen LogP contribution in [-0.2, 0) is 35.6 Å². The predicted molar refractivity (Wildman–Crippen MR) is 132 cm³/mol. The Kier molecular flexibility index (Phi) is 10.6. The molecule has 0 bridgehead atoms. The summed E-state index contributed by atoms with van der Waals surface area (Å²) in [5, 5.41) is 2.60. The Morgan fingerprint density at radius 1 is 1.06 bits per heavy atom. The Morgan fingerprint density at radius 3 is 2.28 bits per heavy atom. The molecule has 176 valence electrons. The maximum Gasteiger partial charge on any atom is 0.242 e. The van der Waals surface area contributed by atoms with Crippen LogP contribution in [0.5, 0.6) is 0 Å². The van der Waals surface area contributed by atoms with Gasteiger partial charge in [0.25, 0.3) is 0 Å². The summed E-state index contributed by atoms with van der Waals surface area (Å²) in [6, 6.07) is 8.11. The van der Waals surface area contributed by atoms with Crippen molar-refractivity contribution < 1.29 is 9.59 Å². The number of nitrogens with two attached hydrogens (primary N) is 2. The highest BCUT2D eigenvalue weighted by Crippen LogP contribution is 2.33. The molecule has 0 aliphatic carbocycles. The molecular formula is C23H33Cl2N5O2. The molecule has 1 aliphatic heterocycles. The molecule has 0 spiro atoms. The second-order valence-electron chi connectivity index (χ2n) is 8.21. The van der Waals surface area contributed by atoms with Gasteiger partial charge in [0, 0.05) is 36.6 Å². The fraction of sp³-hybridized carbons (Fsp3) is 0.435. The van der Waals surface area contributed by atoms with Gasteiger partial charge in [0.2, 0.25) is 11.8 Å². The standard InChI is InChI=1S/C23H31N5O2.2ClH/c1-14(2)8-20-18(10-25)23(17-6-4-16(9-24)5-7-17)19(15(3)27-20)12-28-13-21(29)26-11-22(28)30;;/h4-7,14H,8-13,24-25H2,1-3H3,(H,26,29);2*1H. The molecule has 3 rings (SSSR count). The largest absolute Gasteiger partial charge is 0.345 e. The van der Waals surface area contributed by atoms with E-state index in [0.717, 1.165) is 45.6 Å². The molecule has 2 amide bonds. The van der Waals surface area contributed by atoms with Crippen molar-refractivity contribution in [1.82, 2.24) is 15.2 Å². The highest BCUT2D eigenvalue weighted by molar-refractivity contribution is 5.92. The number of hydrogen-bond donors (Lipinski definition) is 3. The molecule has 0 radical (unpaired) electrons. The average molecular weight is 482 g/mol. The van der Waals surface area contributed by atoms with Crippen molar-refractivity contribution in [2.45, 2.75) is 46.8 Å². The van der Waals surface area contributed by atoms with Gasteiger partial charge in [0.05, 0.1) is 13.1 Å². The molecule has 1 saturated heterocycles. The number of rotatable bonds is 7. The van der Waals surface area contributed by atoms with Gasteiger partial charge in [-0.15, -0.1) is 24.8 Å². The summed E-state index contributed by atoms with van der Waals surface area (Å²) < 4.78 is 0. The number of piperazine rings is 1. The van der Waals surface area contributed by atoms with E-state index in [0.29, 0.717) is 25.6 Å². The van der Waals surface area contributed by atoms with Crippen LogP contribution in [0.1, 0.15) is 41.9 Å². The Labute approximate surface area is 202 Å². The van der Waals surface area contributed by atoms with Crippen LogP contribution >= 0.6 is 24.8 Å². The molecule has 2 aromatic rings. The van der Waals surface area contributed by atoms with Crippen molar-refractivity contribution in [3.8, 4) is 11.1 Å². The first-order valence-electron chi connectivity index (χ1n) is 10.4. The van der Waals surface area contributed by atoms with Crippen molar-refractivity contribution >= 4 is 36.6 Å². The van der Waals surface area contributed by atoms with Crippen molar-refractivity contribution in [2.24, 2.45) is 17.4 Å². The lowest BCUT2D eigenvalue weighted by Gasteiger charge is -2.29. The number of carbonyl (C=O) groups excluding carboxylic acids is 2. The first kappa shape index (κ1) is 27.8. The monoisotopic (exact) mass is 481 g/mol. The number of halogens is 2. The zero-order valence-corrected chi connectivity index (χ0v) is 20.4. The second kappa shape index (κ2) is 12.2. The van der Waals surface area contributed by atoms with Crippen LogP contribution in [-0.4, -0.2) is 34.8 Å². The molecule has 5 N–H and O–H groups in total. The lowest BCUT2D eigenvalue weighted by Crippen LogP contribution is -2.51. The number of hydrogen-bond acceptors (Lipinski definition) is 5. The van der Waals surface area contributed by atoms with Crippen LogP contribution in [0, 0.1) is 12.8 Å². The number of aromatic nitrogens is 1. The van der Waals surface area contributed by atoms with Crippen LogP contribution in [0.3, 0.4) is 0 Å². The van der Waals surface area contributed by atoms with E-state index in [1.54, 1.807) is 4.90 Å². The summed E-state index contributed by atoms with van der Waals surface area (Å²) >= 11 is 0. The Morgan fingerprint density at radius 2 is 1.72 bits per heavy atom. The van der Waals surface area contributed by atoms with Crippen LogP contribution in [0.4, 0.5) is 0 Å². The van der Waals surface area contributed by atoms with Gasteiger partial charge < -0.3 is 21.7 Å². The summed E-state index contributed by atoms with van der Waals surface area (Å²) in [6.45, 7) is 7.52. The lowest BCUT2D eigenvalue weighted by atomic mass is 9.89. The first-order valence-corrected chi connectivity index (χ1v) is 10.4. The molecule has 0 atom stereocenters. The SMILES string of the molecule is Cc1nc(CC(C)C)c(CN)c(-c2ccc(CN)cc2)c1CN1CC(=O)NCC1=O.Cl.Cl. The van der Waals surface area contributed by atoms with E-state index in [1.165, 1.54) is 0 Å². The highest BCUT2D eigenvalue weighted by Gasteiger charge is 2.26. The number of nitrogens with one attached hydrogen (secondary N) is 1. The van der Waals surface area contributed by atoms with E-state index in [9.17, 15) is 9.59 Å². The predicted octanol–water partition coefficient (Wildman–Crippen LogP) is 2.47. The fourth-order valence-corrected chi connectivity index (χ4v) is 3.91. The molecule has 1 aromatic carbocycles. The molecule has 7 nitrogen and oxygen atoms in total. The number of pyridine rings is 1. The van der Waals surface area contributed by atoms with Crippen molar-refractivity contribution in [3.05, 3.63) is 52.3 Å². The number of benzene rings is 1. The Hall–Kier alpha value is -2.19. The van der Waals surface area contributed by atoms with Gasteiger partial charge in [-0.3, -0.25) is 14.6 Å². The summed E-state index contributed by atoms with van der Waals surface area (Å²) in [5.74, 6) is 0.191. The van der Waals surface area contributed by atoms with Gasteiger partial charge in [-0.1, -0.05) is 38.1 Å². The average Bonchev–Trinajstić information content (AvgIpc) is 2.72. The Bertz CT molecular complexity index is 948. The van der Waals surface area contributed by atoms with E-state index in [2.05, 4.69) is 19.2 Å². The smallest absolute Gasteiger partial charge is 0.242 e. The van der Waals surface area contributed by atoms with E-state index < -0.39 is 0 Å². The van der Waals surface area contributed by atoms with Gasteiger partial charge >= 0.3 is 0 Å². The minimum absolute atomic E-state index is 0. The number of nitrogens with zero attached hydrogens (tertiary/aromatic N) is 2. The molecule has 1 aliphatic rings. The Balaban J connectivity index is 0.00000256. The molecule has 2 heterocycles. The third-order valence-corrected chi connectivity index (χ3v) is 5.45. The van der Waals surface area contributed by atoms with Crippen LogP contribution in [0.2, 0.25) is 0 Å². The minimum atomic E-state index is -0.149. The fourth-order valence-electron chi connectivity index (χ4n) is 3.91. The van der Waals surface area contributed by atoms with E-state index in [-0.39, 0.29) is 49.7 Å². The zero-order valence-electron chi connectivity index (χ0n) is 18.8. The second-order valence-corrected chi connectivity index (χ2v) is 8.21. The highest BCUT2D eigenvalue weighted by atomic mass is 35.5. The van der Waals surface area contributed by atoms with E-state index >= 15 is 0 Å². The van der Waals surface area contributed by atoms with Crippen molar-refractivity contribution in [2.75, 3.05) is 13.1 Å². The van der Waals surface area contributed by atoms with Crippen LogP contribution < -0.4 is 16.8 Å². The maximum absolute atomic E-state index is 12.4. The topological polar surface area (TPSA) is 114 Å². The van der Waals surface area contributed by atoms with Gasteiger partial charge in [-0.05, 0) is 41.5 Å². The summed E-state index contributed by atoms with van der Waals surface area (Å²) in [7, 11) is 0. The first-order chi connectivity index (χ1) is 14.3. The lowest BCUT2D eigenvalue weighted by molar-refractivity contribution is -0.141. The number of carbonyl (C=O) groups is 2. The normalized spacial score (nSPS) is 13.5. The quantitative estimate of drug-likeness (QED) is 0.561.